The number of carbonyl (C=O) groups excluding carboxylic acids is 2. The number of hydrogen-bond donors (Lipinski definition) is 1. The lowest BCUT2D eigenvalue weighted by Gasteiger charge is -2.07. The number of ether oxygens (including phenoxy) is 1. The van der Waals surface area contributed by atoms with Crippen LogP contribution in [-0.2, 0) is 16.1 Å². The van der Waals surface area contributed by atoms with Crippen molar-refractivity contribution in [2.45, 2.75) is 20.0 Å². The molecule has 0 atom stereocenters. The van der Waals surface area contributed by atoms with E-state index in [1.54, 1.807) is 31.2 Å². The maximum atomic E-state index is 12.2. The van der Waals surface area contributed by atoms with Crippen molar-refractivity contribution in [2.75, 3.05) is 5.32 Å². The maximum absolute atomic E-state index is 12.2. The predicted octanol–water partition coefficient (Wildman–Crippen LogP) is 4.55. The Balaban J connectivity index is 1.62. The summed E-state index contributed by atoms with van der Waals surface area (Å²) in [5, 5.41) is 5.01. The molecule has 4 nitrogen and oxygen atoms in total. The summed E-state index contributed by atoms with van der Waals surface area (Å²) in [6.45, 7) is 2.01. The van der Waals surface area contributed by atoms with Crippen LogP contribution in [-0.4, -0.2) is 11.9 Å². The normalized spacial score (nSPS) is 10.4. The molecule has 25 heavy (non-hydrogen) atoms. The van der Waals surface area contributed by atoms with Crippen LogP contribution in [0, 0.1) is 0 Å². The van der Waals surface area contributed by atoms with Crippen LogP contribution in [0.4, 0.5) is 5.69 Å². The van der Waals surface area contributed by atoms with Gasteiger partial charge < -0.3 is 10.1 Å². The number of hydrogen-bond acceptors (Lipinski definition) is 3. The first-order valence-corrected chi connectivity index (χ1v) is 8.20. The van der Waals surface area contributed by atoms with E-state index in [1.807, 2.05) is 42.5 Å². The highest BCUT2D eigenvalue weighted by Gasteiger charge is 2.08. The molecule has 3 aromatic rings. The Morgan fingerprint density at radius 2 is 1.64 bits per heavy atom. The van der Waals surface area contributed by atoms with Crippen molar-refractivity contribution in [2.24, 2.45) is 0 Å². The first-order chi connectivity index (χ1) is 12.2. The van der Waals surface area contributed by atoms with Gasteiger partial charge in [0.15, 0.2) is 0 Å². The average molecular weight is 333 g/mol. The highest BCUT2D eigenvalue weighted by molar-refractivity contribution is 5.93. The molecule has 0 aromatic heterocycles. The molecule has 0 unspecified atom stereocenters. The topological polar surface area (TPSA) is 55.4 Å². The minimum atomic E-state index is -0.387. The van der Waals surface area contributed by atoms with Crippen LogP contribution in [0.15, 0.2) is 66.7 Å². The minimum absolute atomic E-state index is 0.0633. The second-order valence-electron chi connectivity index (χ2n) is 5.74. The van der Waals surface area contributed by atoms with E-state index in [9.17, 15) is 9.59 Å². The van der Waals surface area contributed by atoms with Crippen LogP contribution in [0.5, 0.6) is 0 Å². The number of anilines is 1. The van der Waals surface area contributed by atoms with Gasteiger partial charge in [0.1, 0.15) is 6.61 Å². The Kier molecular flexibility index (Phi) is 5.09. The Bertz CT molecular complexity index is 900. The third-order valence-electron chi connectivity index (χ3n) is 3.91. The SMILES string of the molecule is CCC(=O)Nc1ccc(C(=O)OCc2ccc3ccccc3c2)cc1. The van der Waals surface area contributed by atoms with E-state index in [-0.39, 0.29) is 18.5 Å². The standard InChI is InChI=1S/C21H19NO3/c1-2-20(23)22-19-11-9-17(10-12-19)21(24)25-14-15-7-8-16-5-3-4-6-18(16)13-15/h3-13H,2,14H2,1H3,(H,22,23). The van der Waals surface area contributed by atoms with Crippen LogP contribution in [0.2, 0.25) is 0 Å². The highest BCUT2D eigenvalue weighted by Crippen LogP contribution is 2.17. The molecule has 0 aliphatic rings. The summed E-state index contributed by atoms with van der Waals surface area (Å²) in [7, 11) is 0. The molecule has 0 saturated carbocycles. The lowest BCUT2D eigenvalue weighted by atomic mass is 10.1. The summed E-state index contributed by atoms with van der Waals surface area (Å²) in [5.41, 5.74) is 2.06. The summed E-state index contributed by atoms with van der Waals surface area (Å²) in [4.78, 5) is 23.5. The van der Waals surface area contributed by atoms with Gasteiger partial charge in [-0.1, -0.05) is 43.3 Å². The molecule has 0 aliphatic carbocycles. The number of benzene rings is 3. The van der Waals surface area contributed by atoms with Gasteiger partial charge in [-0.2, -0.15) is 0 Å². The largest absolute Gasteiger partial charge is 0.457 e. The predicted molar refractivity (Wildman–Crippen MR) is 98.4 cm³/mol. The van der Waals surface area contributed by atoms with Gasteiger partial charge in [-0.3, -0.25) is 4.79 Å². The van der Waals surface area contributed by atoms with Crippen molar-refractivity contribution in [1.29, 1.82) is 0 Å². The third-order valence-corrected chi connectivity index (χ3v) is 3.91. The van der Waals surface area contributed by atoms with E-state index in [4.69, 9.17) is 4.74 Å². The lowest BCUT2D eigenvalue weighted by molar-refractivity contribution is -0.115. The second kappa shape index (κ2) is 7.62. The molecular formula is C21H19NO3. The summed E-state index contributed by atoms with van der Waals surface area (Å²) in [6.07, 6.45) is 0.412. The number of carbonyl (C=O) groups is 2. The Hall–Kier alpha value is -3.14. The van der Waals surface area contributed by atoms with E-state index < -0.39 is 0 Å². The van der Waals surface area contributed by atoms with Crippen LogP contribution >= 0.6 is 0 Å². The van der Waals surface area contributed by atoms with Crippen molar-refractivity contribution in [3.05, 3.63) is 77.9 Å². The number of nitrogens with one attached hydrogen (secondary N) is 1. The second-order valence-corrected chi connectivity index (χ2v) is 5.74. The summed E-state index contributed by atoms with van der Waals surface area (Å²) >= 11 is 0. The molecule has 0 bridgehead atoms. The number of rotatable bonds is 5. The number of fused-ring (bicyclic) bond motifs is 1. The van der Waals surface area contributed by atoms with Crippen LogP contribution < -0.4 is 5.32 Å². The van der Waals surface area contributed by atoms with Gasteiger partial charge in [-0.05, 0) is 46.7 Å². The third kappa shape index (κ3) is 4.23. The van der Waals surface area contributed by atoms with Crippen molar-refractivity contribution in [1.82, 2.24) is 0 Å². The van der Waals surface area contributed by atoms with Gasteiger partial charge in [0, 0.05) is 12.1 Å². The molecule has 1 N–H and O–H groups in total. The first-order valence-electron chi connectivity index (χ1n) is 8.20. The van der Waals surface area contributed by atoms with E-state index >= 15 is 0 Å². The molecule has 3 rings (SSSR count). The van der Waals surface area contributed by atoms with Gasteiger partial charge in [0.05, 0.1) is 5.56 Å². The fourth-order valence-corrected chi connectivity index (χ4v) is 2.50. The fraction of sp³-hybridized carbons (Fsp3) is 0.143. The Morgan fingerprint density at radius 3 is 2.36 bits per heavy atom. The Labute approximate surface area is 146 Å². The van der Waals surface area contributed by atoms with Crippen molar-refractivity contribution in [3.63, 3.8) is 0 Å². The quantitative estimate of drug-likeness (QED) is 0.697. The summed E-state index contributed by atoms with van der Waals surface area (Å²) in [6, 6.07) is 20.7. The van der Waals surface area contributed by atoms with E-state index in [0.29, 0.717) is 17.7 Å². The molecule has 0 aliphatic heterocycles. The molecule has 126 valence electrons. The van der Waals surface area contributed by atoms with Gasteiger partial charge in [0.25, 0.3) is 0 Å². The zero-order valence-corrected chi connectivity index (χ0v) is 14.0. The molecule has 0 fully saturated rings. The van der Waals surface area contributed by atoms with Gasteiger partial charge in [-0.25, -0.2) is 4.79 Å². The average Bonchev–Trinajstić information content (AvgIpc) is 2.66. The van der Waals surface area contributed by atoms with Crippen LogP contribution in [0.3, 0.4) is 0 Å². The van der Waals surface area contributed by atoms with Crippen LogP contribution in [0.1, 0.15) is 29.3 Å². The van der Waals surface area contributed by atoms with Crippen molar-refractivity contribution in [3.8, 4) is 0 Å². The van der Waals surface area contributed by atoms with Crippen LogP contribution in [0.25, 0.3) is 10.8 Å². The smallest absolute Gasteiger partial charge is 0.338 e. The fourth-order valence-electron chi connectivity index (χ4n) is 2.50. The minimum Gasteiger partial charge on any atom is -0.457 e. The molecule has 1 amide bonds. The monoisotopic (exact) mass is 333 g/mol. The molecular weight excluding hydrogens is 314 g/mol. The highest BCUT2D eigenvalue weighted by atomic mass is 16.5. The van der Waals surface area contributed by atoms with Gasteiger partial charge in [-0.15, -0.1) is 0 Å². The summed E-state index contributed by atoms with van der Waals surface area (Å²) in [5.74, 6) is -0.451. The van der Waals surface area contributed by atoms with Crippen molar-refractivity contribution < 1.29 is 14.3 Å². The van der Waals surface area contributed by atoms with Crippen molar-refractivity contribution >= 4 is 28.3 Å². The summed E-state index contributed by atoms with van der Waals surface area (Å²) < 4.78 is 5.38. The molecule has 0 heterocycles. The van der Waals surface area contributed by atoms with E-state index in [0.717, 1.165) is 16.3 Å². The van der Waals surface area contributed by atoms with E-state index in [1.165, 1.54) is 0 Å². The van der Waals surface area contributed by atoms with Gasteiger partial charge >= 0.3 is 5.97 Å². The lowest BCUT2D eigenvalue weighted by Crippen LogP contribution is -2.10. The molecule has 0 radical (unpaired) electrons. The maximum Gasteiger partial charge on any atom is 0.338 e. The molecule has 0 saturated heterocycles. The van der Waals surface area contributed by atoms with Gasteiger partial charge in [0.2, 0.25) is 5.91 Å². The number of amides is 1. The molecule has 0 spiro atoms. The zero-order chi connectivity index (χ0) is 17.6. The van der Waals surface area contributed by atoms with E-state index in [2.05, 4.69) is 5.32 Å². The first kappa shape index (κ1) is 16.7. The number of esters is 1. The zero-order valence-electron chi connectivity index (χ0n) is 14.0. The molecule has 4 heteroatoms. The molecule has 3 aromatic carbocycles. The Morgan fingerprint density at radius 1 is 0.920 bits per heavy atom.